The Kier molecular flexibility index (Phi) is 5.99. The molecule has 0 saturated heterocycles. The first-order valence-electron chi connectivity index (χ1n) is 5.42. The maximum absolute atomic E-state index is 11.8. The summed E-state index contributed by atoms with van der Waals surface area (Å²) in [5.74, 6) is -0.406. The van der Waals surface area contributed by atoms with Crippen molar-refractivity contribution >= 4 is 39.1 Å². The number of nitrogens with one attached hydrogen (secondary N) is 1. The molecule has 106 valence electrons. The molecule has 6 nitrogen and oxygen atoms in total. The van der Waals surface area contributed by atoms with Gasteiger partial charge in [0.2, 0.25) is 15.9 Å². The number of amides is 1. The second-order valence-electron chi connectivity index (χ2n) is 3.76. The smallest absolute Gasteiger partial charge is 0.242 e. The number of unbranched alkanes of at least 4 members (excludes halogenated alkanes) is 1. The average Bonchev–Trinajstić information content (AvgIpc) is 2.31. The molecule has 0 spiro atoms. The zero-order valence-corrected chi connectivity index (χ0v) is 12.2. The van der Waals surface area contributed by atoms with E-state index in [2.05, 4.69) is 9.71 Å². The summed E-state index contributed by atoms with van der Waals surface area (Å²) >= 11 is 11.3. The number of rotatable bonds is 7. The number of carbonyl (C=O) groups is 1. The standard InChI is InChI=1S/C10H13Cl2N3O3S/c11-8-5-7(6-14-10(8)12)19(17,18)15-4-2-1-3-9(13)16/h5-6,15H,1-4H2,(H2,13,16). The number of carbonyl (C=O) groups excluding carboxylic acids is 1. The summed E-state index contributed by atoms with van der Waals surface area (Å²) in [7, 11) is -3.67. The van der Waals surface area contributed by atoms with Crippen LogP contribution >= 0.6 is 23.2 Å². The highest BCUT2D eigenvalue weighted by molar-refractivity contribution is 7.89. The minimum atomic E-state index is -3.67. The van der Waals surface area contributed by atoms with E-state index in [0.717, 1.165) is 6.20 Å². The second-order valence-corrected chi connectivity index (χ2v) is 6.30. The summed E-state index contributed by atoms with van der Waals surface area (Å²) in [6.45, 7) is 0.204. The molecule has 9 heteroatoms. The third kappa shape index (κ3) is 5.32. The Morgan fingerprint density at radius 1 is 1.37 bits per heavy atom. The summed E-state index contributed by atoms with van der Waals surface area (Å²) < 4.78 is 26.1. The minimum absolute atomic E-state index is 0.0436. The van der Waals surface area contributed by atoms with Crippen LogP contribution in [0.5, 0.6) is 0 Å². The van der Waals surface area contributed by atoms with Crippen molar-refractivity contribution in [3.8, 4) is 0 Å². The van der Waals surface area contributed by atoms with Crippen LogP contribution < -0.4 is 10.5 Å². The SMILES string of the molecule is NC(=O)CCCCNS(=O)(=O)c1cnc(Cl)c(Cl)c1. The number of sulfonamides is 1. The Morgan fingerprint density at radius 2 is 2.05 bits per heavy atom. The van der Waals surface area contributed by atoms with E-state index in [4.69, 9.17) is 28.9 Å². The van der Waals surface area contributed by atoms with Crippen LogP contribution in [0.25, 0.3) is 0 Å². The molecule has 0 aromatic carbocycles. The van der Waals surface area contributed by atoms with Crippen LogP contribution in [0.2, 0.25) is 10.2 Å². The molecular formula is C10H13Cl2N3O3S. The van der Waals surface area contributed by atoms with Gasteiger partial charge in [0, 0.05) is 19.2 Å². The largest absolute Gasteiger partial charge is 0.370 e. The predicted octanol–water partition coefficient (Wildman–Crippen LogP) is 1.32. The first-order valence-corrected chi connectivity index (χ1v) is 7.66. The van der Waals surface area contributed by atoms with Crippen molar-refractivity contribution in [2.75, 3.05) is 6.54 Å². The number of nitrogens with zero attached hydrogens (tertiary/aromatic N) is 1. The Morgan fingerprint density at radius 3 is 2.63 bits per heavy atom. The van der Waals surface area contributed by atoms with Gasteiger partial charge in [-0.05, 0) is 18.9 Å². The number of hydrogen-bond acceptors (Lipinski definition) is 4. The predicted molar refractivity (Wildman–Crippen MR) is 72.5 cm³/mol. The van der Waals surface area contributed by atoms with Crippen LogP contribution in [0.4, 0.5) is 0 Å². The van der Waals surface area contributed by atoms with Gasteiger partial charge in [-0.3, -0.25) is 4.79 Å². The molecule has 0 aliphatic heterocycles. The highest BCUT2D eigenvalue weighted by atomic mass is 35.5. The lowest BCUT2D eigenvalue weighted by Gasteiger charge is -2.06. The number of halogens is 2. The maximum Gasteiger partial charge on any atom is 0.242 e. The highest BCUT2D eigenvalue weighted by Crippen LogP contribution is 2.21. The molecule has 1 rings (SSSR count). The number of pyridine rings is 1. The molecule has 0 bridgehead atoms. The lowest BCUT2D eigenvalue weighted by molar-refractivity contribution is -0.118. The van der Waals surface area contributed by atoms with Crippen LogP contribution in [-0.2, 0) is 14.8 Å². The van der Waals surface area contributed by atoms with Gasteiger partial charge in [-0.15, -0.1) is 0 Å². The Balaban J connectivity index is 2.56. The Labute approximate surface area is 121 Å². The van der Waals surface area contributed by atoms with E-state index in [0.29, 0.717) is 12.8 Å². The molecule has 19 heavy (non-hydrogen) atoms. The van der Waals surface area contributed by atoms with Crippen molar-refractivity contribution in [2.45, 2.75) is 24.2 Å². The summed E-state index contributed by atoms with van der Waals surface area (Å²) in [6, 6.07) is 1.22. The molecule has 1 aromatic rings. The topological polar surface area (TPSA) is 102 Å². The van der Waals surface area contributed by atoms with Gasteiger partial charge in [-0.2, -0.15) is 0 Å². The Hall–Kier alpha value is -0.890. The third-order valence-corrected chi connectivity index (χ3v) is 4.34. The minimum Gasteiger partial charge on any atom is -0.370 e. The van der Waals surface area contributed by atoms with Crippen molar-refractivity contribution in [3.05, 3.63) is 22.4 Å². The molecule has 1 aromatic heterocycles. The van der Waals surface area contributed by atoms with Crippen molar-refractivity contribution in [1.82, 2.24) is 9.71 Å². The molecule has 0 radical (unpaired) electrons. The molecule has 0 aliphatic rings. The van der Waals surface area contributed by atoms with Gasteiger partial charge in [0.25, 0.3) is 0 Å². The molecule has 0 saturated carbocycles. The number of nitrogens with two attached hydrogens (primary N) is 1. The van der Waals surface area contributed by atoms with Crippen molar-refractivity contribution in [1.29, 1.82) is 0 Å². The van der Waals surface area contributed by atoms with E-state index >= 15 is 0 Å². The summed E-state index contributed by atoms with van der Waals surface area (Å²) in [6.07, 6.45) is 2.39. The van der Waals surface area contributed by atoms with Gasteiger partial charge in [0.15, 0.2) is 0 Å². The zero-order chi connectivity index (χ0) is 14.5. The molecule has 3 N–H and O–H groups in total. The van der Waals surface area contributed by atoms with Crippen molar-refractivity contribution in [2.24, 2.45) is 5.73 Å². The van der Waals surface area contributed by atoms with Gasteiger partial charge in [-0.25, -0.2) is 18.1 Å². The molecule has 0 atom stereocenters. The first kappa shape index (κ1) is 16.2. The maximum atomic E-state index is 11.8. The zero-order valence-electron chi connectivity index (χ0n) is 9.90. The fourth-order valence-electron chi connectivity index (χ4n) is 1.26. The van der Waals surface area contributed by atoms with E-state index in [1.165, 1.54) is 6.07 Å². The monoisotopic (exact) mass is 325 g/mol. The van der Waals surface area contributed by atoms with Gasteiger partial charge < -0.3 is 5.73 Å². The highest BCUT2D eigenvalue weighted by Gasteiger charge is 2.15. The van der Waals surface area contributed by atoms with E-state index in [9.17, 15) is 13.2 Å². The van der Waals surface area contributed by atoms with Gasteiger partial charge in [0.05, 0.1) is 5.02 Å². The third-order valence-electron chi connectivity index (χ3n) is 2.22. The van der Waals surface area contributed by atoms with E-state index in [1.807, 2.05) is 0 Å². The fourth-order valence-corrected chi connectivity index (χ4v) is 2.64. The van der Waals surface area contributed by atoms with E-state index in [-0.39, 0.29) is 28.0 Å². The average molecular weight is 326 g/mol. The Bertz CT molecular complexity index is 563. The fraction of sp³-hybridized carbons (Fsp3) is 0.400. The number of hydrogen-bond donors (Lipinski definition) is 2. The summed E-state index contributed by atoms with van der Waals surface area (Å²) in [5, 5.41) is 0.111. The quantitative estimate of drug-likeness (QED) is 0.583. The van der Waals surface area contributed by atoms with Gasteiger partial charge in [-0.1, -0.05) is 23.2 Å². The van der Waals surface area contributed by atoms with Crippen LogP contribution in [0.1, 0.15) is 19.3 Å². The molecule has 0 unspecified atom stereocenters. The van der Waals surface area contributed by atoms with Gasteiger partial charge >= 0.3 is 0 Å². The second kappa shape index (κ2) is 7.04. The lowest BCUT2D eigenvalue weighted by atomic mass is 10.2. The van der Waals surface area contributed by atoms with Crippen molar-refractivity contribution < 1.29 is 13.2 Å². The molecule has 1 heterocycles. The van der Waals surface area contributed by atoms with Crippen LogP contribution in [0.3, 0.4) is 0 Å². The molecule has 1 amide bonds. The van der Waals surface area contributed by atoms with Gasteiger partial charge in [0.1, 0.15) is 10.0 Å². The van der Waals surface area contributed by atoms with Crippen molar-refractivity contribution in [3.63, 3.8) is 0 Å². The number of aromatic nitrogens is 1. The normalized spacial score (nSPS) is 11.5. The molecule has 0 aliphatic carbocycles. The number of primary amides is 1. The lowest BCUT2D eigenvalue weighted by Crippen LogP contribution is -2.25. The molecule has 0 fully saturated rings. The first-order chi connectivity index (χ1) is 8.83. The van der Waals surface area contributed by atoms with Crippen LogP contribution in [-0.4, -0.2) is 25.9 Å². The summed E-state index contributed by atoms with van der Waals surface area (Å²) in [4.78, 5) is 14.1. The van der Waals surface area contributed by atoms with Crippen LogP contribution in [0, 0.1) is 0 Å². The van der Waals surface area contributed by atoms with E-state index in [1.54, 1.807) is 0 Å². The van der Waals surface area contributed by atoms with E-state index < -0.39 is 15.9 Å². The summed E-state index contributed by atoms with van der Waals surface area (Å²) in [5.41, 5.74) is 4.97. The molecular weight excluding hydrogens is 313 g/mol. The van der Waals surface area contributed by atoms with Crippen LogP contribution in [0.15, 0.2) is 17.2 Å².